The SMILES string of the molecule is CCCCNc1cc(C(=O)OCC)c(N)cc1F. The molecule has 0 saturated heterocycles. The molecule has 0 aliphatic heterocycles. The van der Waals surface area contributed by atoms with Crippen molar-refractivity contribution in [3.8, 4) is 0 Å². The molecule has 1 aromatic rings. The third kappa shape index (κ3) is 3.61. The van der Waals surface area contributed by atoms with Crippen molar-refractivity contribution in [3.05, 3.63) is 23.5 Å². The van der Waals surface area contributed by atoms with E-state index in [-0.39, 0.29) is 23.5 Å². The van der Waals surface area contributed by atoms with E-state index >= 15 is 0 Å². The number of ether oxygens (including phenoxy) is 1. The van der Waals surface area contributed by atoms with Gasteiger partial charge in [0.25, 0.3) is 0 Å². The molecule has 4 nitrogen and oxygen atoms in total. The van der Waals surface area contributed by atoms with Crippen molar-refractivity contribution < 1.29 is 13.9 Å². The summed E-state index contributed by atoms with van der Waals surface area (Å²) in [7, 11) is 0. The van der Waals surface area contributed by atoms with Gasteiger partial charge in [-0.1, -0.05) is 13.3 Å². The Balaban J connectivity index is 2.91. The van der Waals surface area contributed by atoms with E-state index in [0.717, 1.165) is 18.9 Å². The van der Waals surface area contributed by atoms with Crippen LogP contribution in [0.4, 0.5) is 15.8 Å². The molecule has 0 amide bonds. The first-order chi connectivity index (χ1) is 8.60. The zero-order valence-electron chi connectivity index (χ0n) is 10.8. The molecule has 0 heterocycles. The average molecular weight is 254 g/mol. The Bertz CT molecular complexity index is 422. The number of carbonyl (C=O) groups excluding carboxylic acids is 1. The Labute approximate surface area is 106 Å². The Morgan fingerprint density at radius 2 is 2.17 bits per heavy atom. The van der Waals surface area contributed by atoms with Crippen LogP contribution < -0.4 is 11.1 Å². The number of rotatable bonds is 6. The number of anilines is 2. The Hall–Kier alpha value is -1.78. The van der Waals surface area contributed by atoms with Gasteiger partial charge in [-0.25, -0.2) is 9.18 Å². The molecule has 0 unspecified atom stereocenters. The van der Waals surface area contributed by atoms with Crippen LogP contribution in [0.25, 0.3) is 0 Å². The Kier molecular flexibility index (Phi) is 5.42. The number of nitrogens with two attached hydrogens (primary N) is 1. The molecule has 1 rings (SSSR count). The van der Waals surface area contributed by atoms with Crippen LogP contribution in [0.2, 0.25) is 0 Å². The second kappa shape index (κ2) is 6.83. The fourth-order valence-electron chi connectivity index (χ4n) is 1.51. The molecular formula is C13H19FN2O2. The topological polar surface area (TPSA) is 64.3 Å². The van der Waals surface area contributed by atoms with E-state index in [4.69, 9.17) is 10.5 Å². The third-order valence-corrected chi connectivity index (χ3v) is 2.48. The van der Waals surface area contributed by atoms with Crippen molar-refractivity contribution in [2.24, 2.45) is 0 Å². The van der Waals surface area contributed by atoms with Crippen molar-refractivity contribution in [1.82, 2.24) is 0 Å². The quantitative estimate of drug-likeness (QED) is 0.465. The molecule has 0 aliphatic carbocycles. The molecule has 18 heavy (non-hydrogen) atoms. The number of esters is 1. The van der Waals surface area contributed by atoms with Gasteiger partial charge in [-0.3, -0.25) is 0 Å². The summed E-state index contributed by atoms with van der Waals surface area (Å²) in [4.78, 5) is 11.6. The lowest BCUT2D eigenvalue weighted by Crippen LogP contribution is -2.11. The van der Waals surface area contributed by atoms with E-state index in [0.29, 0.717) is 6.54 Å². The molecule has 0 aromatic heterocycles. The maximum atomic E-state index is 13.6. The zero-order chi connectivity index (χ0) is 13.5. The first-order valence-electron chi connectivity index (χ1n) is 6.10. The normalized spacial score (nSPS) is 10.2. The minimum absolute atomic E-state index is 0.0898. The third-order valence-electron chi connectivity index (χ3n) is 2.48. The van der Waals surface area contributed by atoms with E-state index < -0.39 is 11.8 Å². The van der Waals surface area contributed by atoms with Crippen LogP contribution in [0, 0.1) is 5.82 Å². The van der Waals surface area contributed by atoms with Crippen molar-refractivity contribution >= 4 is 17.3 Å². The summed E-state index contributed by atoms with van der Waals surface area (Å²) >= 11 is 0. The number of nitrogen functional groups attached to an aromatic ring is 1. The molecular weight excluding hydrogens is 235 g/mol. The predicted molar refractivity (Wildman–Crippen MR) is 70.2 cm³/mol. The highest BCUT2D eigenvalue weighted by molar-refractivity contribution is 5.96. The van der Waals surface area contributed by atoms with E-state index in [1.807, 2.05) is 6.92 Å². The Morgan fingerprint density at radius 3 is 2.78 bits per heavy atom. The van der Waals surface area contributed by atoms with Gasteiger partial charge < -0.3 is 15.8 Å². The smallest absolute Gasteiger partial charge is 0.340 e. The van der Waals surface area contributed by atoms with Crippen molar-refractivity contribution in [1.29, 1.82) is 0 Å². The van der Waals surface area contributed by atoms with Gasteiger partial charge in [0.1, 0.15) is 5.82 Å². The first kappa shape index (κ1) is 14.3. The van der Waals surface area contributed by atoms with Crippen LogP contribution in [0.15, 0.2) is 12.1 Å². The second-order valence-corrected chi connectivity index (χ2v) is 3.92. The van der Waals surface area contributed by atoms with Crippen LogP contribution >= 0.6 is 0 Å². The highest BCUT2D eigenvalue weighted by atomic mass is 19.1. The highest BCUT2D eigenvalue weighted by Crippen LogP contribution is 2.23. The van der Waals surface area contributed by atoms with Crippen LogP contribution in [0.3, 0.4) is 0 Å². The molecule has 3 N–H and O–H groups in total. The van der Waals surface area contributed by atoms with Gasteiger partial charge in [-0.05, 0) is 25.5 Å². The van der Waals surface area contributed by atoms with Crippen LogP contribution in [0.1, 0.15) is 37.0 Å². The van der Waals surface area contributed by atoms with Crippen molar-refractivity contribution in [3.63, 3.8) is 0 Å². The summed E-state index contributed by atoms with van der Waals surface area (Å²) < 4.78 is 18.5. The molecule has 0 bridgehead atoms. The molecule has 0 aliphatic rings. The summed E-state index contributed by atoms with van der Waals surface area (Å²) in [6.45, 7) is 4.66. The fraction of sp³-hybridized carbons (Fsp3) is 0.462. The number of benzene rings is 1. The van der Waals surface area contributed by atoms with E-state index in [1.54, 1.807) is 6.92 Å². The molecule has 0 radical (unpaired) electrons. The number of hydrogen-bond acceptors (Lipinski definition) is 4. The number of halogens is 1. The minimum atomic E-state index is -0.534. The van der Waals surface area contributed by atoms with Gasteiger partial charge in [-0.15, -0.1) is 0 Å². The van der Waals surface area contributed by atoms with Crippen LogP contribution in [-0.4, -0.2) is 19.1 Å². The molecule has 0 fully saturated rings. The lowest BCUT2D eigenvalue weighted by molar-refractivity contribution is 0.0527. The standard InChI is InChI=1S/C13H19FN2O2/c1-3-5-6-16-12-7-9(13(17)18-4-2)11(15)8-10(12)14/h7-8,16H,3-6,15H2,1-2H3. The van der Waals surface area contributed by atoms with Gasteiger partial charge >= 0.3 is 5.97 Å². The molecule has 0 atom stereocenters. The van der Waals surface area contributed by atoms with Crippen molar-refractivity contribution in [2.45, 2.75) is 26.7 Å². The predicted octanol–water partition coefficient (Wildman–Crippen LogP) is 2.80. The monoisotopic (exact) mass is 254 g/mol. The number of hydrogen-bond donors (Lipinski definition) is 2. The van der Waals surface area contributed by atoms with Gasteiger partial charge in [0, 0.05) is 12.2 Å². The summed E-state index contributed by atoms with van der Waals surface area (Å²) in [5.41, 5.74) is 6.17. The lowest BCUT2D eigenvalue weighted by Gasteiger charge is -2.11. The lowest BCUT2D eigenvalue weighted by atomic mass is 10.1. The summed E-state index contributed by atoms with van der Waals surface area (Å²) in [6.07, 6.45) is 1.94. The Morgan fingerprint density at radius 1 is 1.44 bits per heavy atom. The van der Waals surface area contributed by atoms with E-state index in [1.165, 1.54) is 6.07 Å². The summed E-state index contributed by atoms with van der Waals surface area (Å²) in [5, 5.41) is 2.94. The molecule has 5 heteroatoms. The zero-order valence-corrected chi connectivity index (χ0v) is 10.8. The van der Waals surface area contributed by atoms with E-state index in [9.17, 15) is 9.18 Å². The average Bonchev–Trinajstić information content (AvgIpc) is 2.32. The van der Waals surface area contributed by atoms with Gasteiger partial charge in [-0.2, -0.15) is 0 Å². The van der Waals surface area contributed by atoms with Gasteiger partial charge in [0.05, 0.1) is 17.9 Å². The molecule has 0 saturated carbocycles. The fourth-order valence-corrected chi connectivity index (χ4v) is 1.51. The second-order valence-electron chi connectivity index (χ2n) is 3.92. The maximum absolute atomic E-state index is 13.6. The number of unbranched alkanes of at least 4 members (excludes halogenated alkanes) is 1. The number of carbonyl (C=O) groups is 1. The molecule has 100 valence electrons. The van der Waals surface area contributed by atoms with Crippen LogP contribution in [0.5, 0.6) is 0 Å². The van der Waals surface area contributed by atoms with Gasteiger partial charge in [0.15, 0.2) is 0 Å². The minimum Gasteiger partial charge on any atom is -0.462 e. The molecule has 0 spiro atoms. The summed E-state index contributed by atoms with van der Waals surface area (Å²) in [6, 6.07) is 2.54. The number of nitrogens with one attached hydrogen (secondary N) is 1. The highest BCUT2D eigenvalue weighted by Gasteiger charge is 2.14. The van der Waals surface area contributed by atoms with Gasteiger partial charge in [0.2, 0.25) is 0 Å². The van der Waals surface area contributed by atoms with Crippen LogP contribution in [-0.2, 0) is 4.74 Å². The first-order valence-corrected chi connectivity index (χ1v) is 6.10. The molecule has 1 aromatic carbocycles. The van der Waals surface area contributed by atoms with Crippen molar-refractivity contribution in [2.75, 3.05) is 24.2 Å². The summed E-state index contributed by atoms with van der Waals surface area (Å²) in [5.74, 6) is -0.995. The maximum Gasteiger partial charge on any atom is 0.340 e. The largest absolute Gasteiger partial charge is 0.462 e. The van der Waals surface area contributed by atoms with E-state index in [2.05, 4.69) is 5.32 Å².